The highest BCUT2D eigenvalue weighted by molar-refractivity contribution is 5.91. The molecule has 0 atom stereocenters. The number of fused-ring (bicyclic) bond motifs is 1. The van der Waals surface area contributed by atoms with Crippen molar-refractivity contribution in [3.05, 3.63) is 37.2 Å². The number of nitrogens with zero attached hydrogens (tertiary/aromatic N) is 1. The molecule has 0 aliphatic carbocycles. The topological polar surface area (TPSA) is 69.8 Å². The van der Waals surface area contributed by atoms with E-state index in [1.54, 1.807) is 18.5 Å². The van der Waals surface area contributed by atoms with Crippen LogP contribution < -0.4 is 10.6 Å². The van der Waals surface area contributed by atoms with Crippen molar-refractivity contribution in [1.82, 2.24) is 15.3 Å². The first kappa shape index (κ1) is 10.2. The number of imidazole rings is 1. The number of nitrogens with one attached hydrogen (secondary N) is 3. The predicted octanol–water partition coefficient (Wildman–Crippen LogP) is 1.87. The fraction of sp³-hybridized carbons (Fsp3) is 0.0909. The van der Waals surface area contributed by atoms with E-state index < -0.39 is 0 Å². The molecular formula is C11H12N4O. The highest BCUT2D eigenvalue weighted by Crippen LogP contribution is 2.15. The molecule has 0 aliphatic heterocycles. The molecule has 1 aromatic heterocycles. The van der Waals surface area contributed by atoms with Crippen molar-refractivity contribution < 1.29 is 4.79 Å². The van der Waals surface area contributed by atoms with E-state index in [0.717, 1.165) is 16.7 Å². The molecule has 3 N–H and O–H groups in total. The Morgan fingerprint density at radius 2 is 2.44 bits per heavy atom. The molecule has 0 bridgehead atoms. The van der Waals surface area contributed by atoms with Crippen molar-refractivity contribution in [2.75, 3.05) is 11.9 Å². The molecule has 1 heterocycles. The third-order valence-corrected chi connectivity index (χ3v) is 2.09. The third kappa shape index (κ3) is 2.20. The molecule has 16 heavy (non-hydrogen) atoms. The summed E-state index contributed by atoms with van der Waals surface area (Å²) in [4.78, 5) is 18.4. The van der Waals surface area contributed by atoms with Crippen molar-refractivity contribution in [3.8, 4) is 0 Å². The molecule has 0 spiro atoms. The van der Waals surface area contributed by atoms with Crippen LogP contribution in [-0.4, -0.2) is 22.5 Å². The molecule has 82 valence electrons. The number of rotatable bonds is 3. The van der Waals surface area contributed by atoms with Gasteiger partial charge in [0.25, 0.3) is 0 Å². The number of aromatic amines is 1. The number of amides is 2. The number of benzene rings is 1. The molecule has 2 amide bonds. The Balaban J connectivity index is 2.08. The minimum absolute atomic E-state index is 0.251. The highest BCUT2D eigenvalue weighted by Gasteiger charge is 2.01. The Morgan fingerprint density at radius 3 is 3.25 bits per heavy atom. The first-order valence-electron chi connectivity index (χ1n) is 4.88. The number of hydrogen-bond donors (Lipinski definition) is 3. The summed E-state index contributed by atoms with van der Waals surface area (Å²) in [7, 11) is 0. The number of urea groups is 1. The van der Waals surface area contributed by atoms with Crippen LogP contribution in [0, 0.1) is 0 Å². The van der Waals surface area contributed by atoms with Crippen molar-refractivity contribution in [1.29, 1.82) is 0 Å². The summed E-state index contributed by atoms with van der Waals surface area (Å²) in [6.45, 7) is 3.96. The molecule has 5 nitrogen and oxygen atoms in total. The second-order valence-electron chi connectivity index (χ2n) is 3.26. The quantitative estimate of drug-likeness (QED) is 0.685. The van der Waals surface area contributed by atoms with Gasteiger partial charge in [0.2, 0.25) is 0 Å². The van der Waals surface area contributed by atoms with Gasteiger partial charge in [0.05, 0.1) is 17.4 Å². The van der Waals surface area contributed by atoms with Gasteiger partial charge in [-0.05, 0) is 18.2 Å². The summed E-state index contributed by atoms with van der Waals surface area (Å²) in [6, 6.07) is 5.22. The maximum atomic E-state index is 11.3. The van der Waals surface area contributed by atoms with Gasteiger partial charge in [-0.3, -0.25) is 0 Å². The van der Waals surface area contributed by atoms with Crippen LogP contribution in [0.25, 0.3) is 11.0 Å². The van der Waals surface area contributed by atoms with Crippen molar-refractivity contribution in [2.24, 2.45) is 0 Å². The van der Waals surface area contributed by atoms with E-state index in [9.17, 15) is 4.79 Å². The van der Waals surface area contributed by atoms with Crippen LogP contribution in [0.1, 0.15) is 0 Å². The molecule has 0 saturated carbocycles. The van der Waals surface area contributed by atoms with Gasteiger partial charge in [0, 0.05) is 12.2 Å². The third-order valence-electron chi connectivity index (χ3n) is 2.09. The van der Waals surface area contributed by atoms with Crippen LogP contribution in [0.3, 0.4) is 0 Å². The Hall–Kier alpha value is -2.30. The van der Waals surface area contributed by atoms with E-state index in [1.165, 1.54) is 0 Å². The van der Waals surface area contributed by atoms with E-state index in [0.29, 0.717) is 6.54 Å². The standard InChI is InChI=1S/C11H12N4O/c1-2-5-12-11(16)15-8-3-4-9-10(6-8)14-7-13-9/h2-4,6-7H,1,5H2,(H,13,14)(H2,12,15,16). The lowest BCUT2D eigenvalue weighted by Crippen LogP contribution is -2.28. The summed E-state index contributed by atoms with van der Waals surface area (Å²) in [6.07, 6.45) is 3.24. The van der Waals surface area contributed by atoms with E-state index in [1.807, 2.05) is 12.1 Å². The molecule has 2 rings (SSSR count). The number of H-pyrrole nitrogens is 1. The zero-order valence-electron chi connectivity index (χ0n) is 8.66. The van der Waals surface area contributed by atoms with Gasteiger partial charge in [0.15, 0.2) is 0 Å². The minimum Gasteiger partial charge on any atom is -0.345 e. The van der Waals surface area contributed by atoms with Crippen LogP contribution in [0.15, 0.2) is 37.2 Å². The first-order chi connectivity index (χ1) is 7.79. The molecule has 0 saturated heterocycles. The average molecular weight is 216 g/mol. The number of hydrogen-bond acceptors (Lipinski definition) is 2. The number of carbonyl (C=O) groups is 1. The molecular weight excluding hydrogens is 204 g/mol. The lowest BCUT2D eigenvalue weighted by atomic mass is 10.3. The maximum absolute atomic E-state index is 11.3. The van der Waals surface area contributed by atoms with E-state index in [-0.39, 0.29) is 6.03 Å². The average Bonchev–Trinajstić information content (AvgIpc) is 2.73. The van der Waals surface area contributed by atoms with Gasteiger partial charge in [-0.1, -0.05) is 6.08 Å². The van der Waals surface area contributed by atoms with Crippen LogP contribution in [-0.2, 0) is 0 Å². The Bertz CT molecular complexity index is 517. The Kier molecular flexibility index (Phi) is 2.86. The number of carbonyl (C=O) groups excluding carboxylic acids is 1. The van der Waals surface area contributed by atoms with Crippen molar-refractivity contribution in [2.45, 2.75) is 0 Å². The monoisotopic (exact) mass is 216 g/mol. The fourth-order valence-electron chi connectivity index (χ4n) is 1.35. The summed E-state index contributed by atoms with van der Waals surface area (Å²) >= 11 is 0. The fourth-order valence-corrected chi connectivity index (χ4v) is 1.35. The Morgan fingerprint density at radius 1 is 1.56 bits per heavy atom. The summed E-state index contributed by atoms with van der Waals surface area (Å²) in [5.41, 5.74) is 2.48. The summed E-state index contributed by atoms with van der Waals surface area (Å²) in [5, 5.41) is 5.34. The smallest absolute Gasteiger partial charge is 0.319 e. The molecule has 0 unspecified atom stereocenters. The van der Waals surface area contributed by atoms with Gasteiger partial charge < -0.3 is 15.6 Å². The Labute approximate surface area is 92.6 Å². The summed E-state index contributed by atoms with van der Waals surface area (Å²) in [5.74, 6) is 0. The van der Waals surface area contributed by atoms with Crippen LogP contribution in [0.4, 0.5) is 10.5 Å². The van der Waals surface area contributed by atoms with Crippen LogP contribution in [0.5, 0.6) is 0 Å². The molecule has 0 radical (unpaired) electrons. The van der Waals surface area contributed by atoms with Crippen molar-refractivity contribution in [3.63, 3.8) is 0 Å². The van der Waals surface area contributed by atoms with Gasteiger partial charge in [0.1, 0.15) is 0 Å². The predicted molar refractivity (Wildman–Crippen MR) is 63.3 cm³/mol. The van der Waals surface area contributed by atoms with Gasteiger partial charge >= 0.3 is 6.03 Å². The van der Waals surface area contributed by atoms with E-state index in [2.05, 4.69) is 27.2 Å². The van der Waals surface area contributed by atoms with Gasteiger partial charge in [-0.25, -0.2) is 9.78 Å². The number of aromatic nitrogens is 2. The molecule has 2 aromatic rings. The lowest BCUT2D eigenvalue weighted by molar-refractivity contribution is 0.253. The maximum Gasteiger partial charge on any atom is 0.319 e. The largest absolute Gasteiger partial charge is 0.345 e. The zero-order valence-corrected chi connectivity index (χ0v) is 8.66. The van der Waals surface area contributed by atoms with Crippen LogP contribution in [0.2, 0.25) is 0 Å². The second-order valence-corrected chi connectivity index (χ2v) is 3.26. The molecule has 0 fully saturated rings. The summed E-state index contributed by atoms with van der Waals surface area (Å²) < 4.78 is 0. The zero-order chi connectivity index (χ0) is 11.4. The highest BCUT2D eigenvalue weighted by atomic mass is 16.2. The number of anilines is 1. The first-order valence-corrected chi connectivity index (χ1v) is 4.88. The molecule has 1 aromatic carbocycles. The van der Waals surface area contributed by atoms with Gasteiger partial charge in [-0.2, -0.15) is 0 Å². The minimum atomic E-state index is -0.251. The second kappa shape index (κ2) is 4.48. The SMILES string of the molecule is C=CCNC(=O)Nc1ccc2nc[nH]c2c1. The lowest BCUT2D eigenvalue weighted by Gasteiger charge is -2.05. The normalized spacial score (nSPS) is 10.0. The van der Waals surface area contributed by atoms with Crippen LogP contribution >= 0.6 is 0 Å². The molecule has 0 aliphatic rings. The van der Waals surface area contributed by atoms with E-state index in [4.69, 9.17) is 0 Å². The van der Waals surface area contributed by atoms with E-state index >= 15 is 0 Å². The molecule has 5 heteroatoms. The van der Waals surface area contributed by atoms with Crippen molar-refractivity contribution >= 4 is 22.8 Å². The van der Waals surface area contributed by atoms with Gasteiger partial charge in [-0.15, -0.1) is 6.58 Å².